The van der Waals surface area contributed by atoms with Crippen molar-refractivity contribution in [1.82, 2.24) is 4.90 Å². The Kier molecular flexibility index (Phi) is 5.36. The highest BCUT2D eigenvalue weighted by atomic mass is 32.2. The van der Waals surface area contributed by atoms with Crippen molar-refractivity contribution in [3.8, 4) is 0 Å². The summed E-state index contributed by atoms with van der Waals surface area (Å²) < 4.78 is 0.606. The molecule has 0 bridgehead atoms. The molecule has 2 aliphatic rings. The summed E-state index contributed by atoms with van der Waals surface area (Å²) in [6.07, 6.45) is 7.16. The Labute approximate surface area is 151 Å². The number of nitrogens with zero attached hydrogens (tertiary/aromatic N) is 2. The first kappa shape index (κ1) is 17.2. The molecule has 0 aromatic heterocycles. The van der Waals surface area contributed by atoms with Gasteiger partial charge in [0, 0.05) is 24.9 Å². The van der Waals surface area contributed by atoms with Gasteiger partial charge in [-0.15, -0.1) is 0 Å². The molecular weight excluding hydrogens is 340 g/mol. The van der Waals surface area contributed by atoms with Crippen LogP contribution in [0.3, 0.4) is 0 Å². The molecule has 4 nitrogen and oxygen atoms in total. The molecule has 1 saturated carbocycles. The van der Waals surface area contributed by atoms with Gasteiger partial charge in [-0.05, 0) is 25.0 Å². The second-order valence-electron chi connectivity index (χ2n) is 6.05. The van der Waals surface area contributed by atoms with Gasteiger partial charge in [0.15, 0.2) is 0 Å². The first-order valence-corrected chi connectivity index (χ1v) is 9.42. The van der Waals surface area contributed by atoms with E-state index in [1.807, 2.05) is 30.3 Å². The number of thioether (sulfide) groups is 1. The molecule has 1 aromatic carbocycles. The standard InChI is InChI=1S/C18H20N2O2S2/c1-13(21)19(14-8-4-2-5-9-14)12-16-17(22)20(18(23)24-16)15-10-6-3-7-11-15/h2,4-5,8-9,12,15H,3,6-7,10-11H2,1H3/b16-12+. The van der Waals surface area contributed by atoms with E-state index in [9.17, 15) is 9.59 Å². The van der Waals surface area contributed by atoms with E-state index in [0.717, 1.165) is 31.4 Å². The fourth-order valence-corrected chi connectivity index (χ4v) is 4.54. The van der Waals surface area contributed by atoms with Crippen LogP contribution in [-0.2, 0) is 9.59 Å². The second kappa shape index (κ2) is 7.49. The molecule has 2 amide bonds. The van der Waals surface area contributed by atoms with E-state index in [4.69, 9.17) is 12.2 Å². The van der Waals surface area contributed by atoms with E-state index >= 15 is 0 Å². The summed E-state index contributed by atoms with van der Waals surface area (Å²) in [4.78, 5) is 28.6. The van der Waals surface area contributed by atoms with Crippen LogP contribution >= 0.6 is 24.0 Å². The Balaban J connectivity index is 1.85. The Bertz CT molecular complexity index is 682. The van der Waals surface area contributed by atoms with E-state index < -0.39 is 0 Å². The highest BCUT2D eigenvalue weighted by Gasteiger charge is 2.38. The third-order valence-electron chi connectivity index (χ3n) is 4.38. The molecule has 0 radical (unpaired) electrons. The summed E-state index contributed by atoms with van der Waals surface area (Å²) in [6, 6.07) is 9.53. The fourth-order valence-electron chi connectivity index (χ4n) is 3.18. The van der Waals surface area contributed by atoms with E-state index in [-0.39, 0.29) is 17.9 Å². The quantitative estimate of drug-likeness (QED) is 0.602. The lowest BCUT2D eigenvalue weighted by atomic mass is 9.94. The number of benzene rings is 1. The maximum atomic E-state index is 12.8. The van der Waals surface area contributed by atoms with Crippen LogP contribution in [-0.4, -0.2) is 27.1 Å². The predicted octanol–water partition coefficient (Wildman–Crippen LogP) is 4.07. The van der Waals surface area contributed by atoms with E-state index in [2.05, 4.69) is 0 Å². The molecule has 24 heavy (non-hydrogen) atoms. The zero-order valence-electron chi connectivity index (χ0n) is 13.6. The first-order chi connectivity index (χ1) is 11.6. The SMILES string of the molecule is CC(=O)N(/C=C1/SC(=S)N(C2CCCCC2)C1=O)c1ccccc1. The minimum Gasteiger partial charge on any atom is -0.290 e. The van der Waals surface area contributed by atoms with Crippen LogP contribution in [0.2, 0.25) is 0 Å². The van der Waals surface area contributed by atoms with Gasteiger partial charge in [0.2, 0.25) is 5.91 Å². The third kappa shape index (κ3) is 3.54. The summed E-state index contributed by atoms with van der Waals surface area (Å²) in [5.74, 6) is -0.205. The Morgan fingerprint density at radius 3 is 2.54 bits per heavy atom. The summed E-state index contributed by atoms with van der Waals surface area (Å²) in [7, 11) is 0. The molecule has 0 unspecified atom stereocenters. The Morgan fingerprint density at radius 2 is 1.92 bits per heavy atom. The summed E-state index contributed by atoms with van der Waals surface area (Å²) in [5.41, 5.74) is 0.743. The lowest BCUT2D eigenvalue weighted by molar-refractivity contribution is -0.124. The van der Waals surface area contributed by atoms with E-state index in [0.29, 0.717) is 9.23 Å². The van der Waals surface area contributed by atoms with Crippen LogP contribution in [0.4, 0.5) is 5.69 Å². The zero-order valence-corrected chi connectivity index (χ0v) is 15.2. The molecule has 1 heterocycles. The van der Waals surface area contributed by atoms with Gasteiger partial charge in [-0.2, -0.15) is 0 Å². The molecule has 6 heteroatoms. The van der Waals surface area contributed by atoms with Gasteiger partial charge in [0.05, 0.1) is 4.91 Å². The van der Waals surface area contributed by atoms with Crippen molar-refractivity contribution in [2.24, 2.45) is 0 Å². The number of carbonyl (C=O) groups excluding carboxylic acids is 2. The Hall–Kier alpha value is -1.66. The van der Waals surface area contributed by atoms with Crippen molar-refractivity contribution in [3.05, 3.63) is 41.4 Å². The van der Waals surface area contributed by atoms with Crippen molar-refractivity contribution >= 4 is 45.8 Å². The van der Waals surface area contributed by atoms with Crippen molar-refractivity contribution < 1.29 is 9.59 Å². The van der Waals surface area contributed by atoms with Gasteiger partial charge in [-0.3, -0.25) is 19.4 Å². The number of hydrogen-bond donors (Lipinski definition) is 0. The number of anilines is 1. The molecule has 1 saturated heterocycles. The maximum absolute atomic E-state index is 12.8. The average molecular weight is 361 g/mol. The highest BCUT2D eigenvalue weighted by molar-refractivity contribution is 8.26. The lowest BCUT2D eigenvalue weighted by Gasteiger charge is -2.29. The average Bonchev–Trinajstić information content (AvgIpc) is 2.87. The molecule has 1 aromatic rings. The van der Waals surface area contributed by atoms with Gasteiger partial charge in [-0.25, -0.2) is 0 Å². The molecule has 0 N–H and O–H groups in total. The molecule has 2 fully saturated rings. The van der Waals surface area contributed by atoms with Crippen molar-refractivity contribution in [3.63, 3.8) is 0 Å². The maximum Gasteiger partial charge on any atom is 0.267 e. The number of amides is 2. The van der Waals surface area contributed by atoms with Gasteiger partial charge in [-0.1, -0.05) is 61.4 Å². The normalized spacial score (nSPS) is 20.7. The van der Waals surface area contributed by atoms with Crippen molar-refractivity contribution in [2.75, 3.05) is 4.90 Å². The molecular formula is C18H20N2O2S2. The van der Waals surface area contributed by atoms with E-state index in [1.165, 1.54) is 30.0 Å². The smallest absolute Gasteiger partial charge is 0.267 e. The first-order valence-electron chi connectivity index (χ1n) is 8.20. The number of para-hydroxylation sites is 1. The topological polar surface area (TPSA) is 40.6 Å². The minimum absolute atomic E-state index is 0.0703. The minimum atomic E-state index is -0.135. The highest BCUT2D eigenvalue weighted by Crippen LogP contribution is 2.36. The second-order valence-corrected chi connectivity index (χ2v) is 7.73. The van der Waals surface area contributed by atoms with Crippen LogP contribution < -0.4 is 4.90 Å². The predicted molar refractivity (Wildman–Crippen MR) is 102 cm³/mol. The summed E-state index contributed by atoms with van der Waals surface area (Å²) in [5, 5.41) is 0. The number of carbonyl (C=O) groups is 2. The monoisotopic (exact) mass is 360 g/mol. The largest absolute Gasteiger partial charge is 0.290 e. The van der Waals surface area contributed by atoms with Gasteiger partial charge in [0.25, 0.3) is 5.91 Å². The van der Waals surface area contributed by atoms with Crippen LogP contribution in [0.25, 0.3) is 0 Å². The third-order valence-corrected chi connectivity index (χ3v) is 5.70. The molecule has 1 aliphatic carbocycles. The number of thiocarbonyl (C=S) groups is 1. The molecule has 1 aliphatic heterocycles. The van der Waals surface area contributed by atoms with Crippen LogP contribution in [0, 0.1) is 0 Å². The molecule has 3 rings (SSSR count). The lowest BCUT2D eigenvalue weighted by Crippen LogP contribution is -2.39. The van der Waals surface area contributed by atoms with Crippen LogP contribution in [0.15, 0.2) is 41.4 Å². The van der Waals surface area contributed by atoms with E-state index in [1.54, 1.807) is 11.1 Å². The van der Waals surface area contributed by atoms with Crippen molar-refractivity contribution in [2.45, 2.75) is 45.1 Å². The number of hydrogen-bond acceptors (Lipinski definition) is 4. The molecule has 126 valence electrons. The van der Waals surface area contributed by atoms with Crippen LogP contribution in [0.5, 0.6) is 0 Å². The molecule has 0 atom stereocenters. The van der Waals surface area contributed by atoms with Gasteiger partial charge < -0.3 is 0 Å². The van der Waals surface area contributed by atoms with Crippen molar-refractivity contribution in [1.29, 1.82) is 0 Å². The van der Waals surface area contributed by atoms with Gasteiger partial charge >= 0.3 is 0 Å². The summed E-state index contributed by atoms with van der Waals surface area (Å²) in [6.45, 7) is 1.49. The summed E-state index contributed by atoms with van der Waals surface area (Å²) >= 11 is 6.73. The van der Waals surface area contributed by atoms with Gasteiger partial charge in [0.1, 0.15) is 4.32 Å². The fraction of sp³-hybridized carbons (Fsp3) is 0.389. The Morgan fingerprint density at radius 1 is 1.25 bits per heavy atom. The molecule has 0 spiro atoms. The number of rotatable bonds is 3. The van der Waals surface area contributed by atoms with Crippen LogP contribution in [0.1, 0.15) is 39.0 Å². The zero-order chi connectivity index (χ0) is 17.1.